The lowest BCUT2D eigenvalue weighted by atomic mass is 9.86. The standard InChI is InChI=1S/C12H21NO5/c1-5-6-18-11(16)13-9(8-17-4)7-12(2,3)10(14)15/h5,9H,1,6-8H2,2-4H3,(H,13,16)(H,14,15). The summed E-state index contributed by atoms with van der Waals surface area (Å²) < 4.78 is 9.72. The highest BCUT2D eigenvalue weighted by molar-refractivity contribution is 5.74. The first kappa shape index (κ1) is 16.4. The maximum Gasteiger partial charge on any atom is 0.407 e. The summed E-state index contributed by atoms with van der Waals surface area (Å²) in [6, 6.07) is -0.418. The van der Waals surface area contributed by atoms with Gasteiger partial charge < -0.3 is 19.9 Å². The Kier molecular flexibility index (Phi) is 7.04. The first-order valence-corrected chi connectivity index (χ1v) is 5.60. The topological polar surface area (TPSA) is 84.9 Å². The second-order valence-corrected chi connectivity index (χ2v) is 4.58. The van der Waals surface area contributed by atoms with Crippen LogP contribution in [0.5, 0.6) is 0 Å². The van der Waals surface area contributed by atoms with Gasteiger partial charge in [0.1, 0.15) is 6.61 Å². The lowest BCUT2D eigenvalue weighted by molar-refractivity contribution is -0.147. The Bertz CT molecular complexity index is 301. The fraction of sp³-hybridized carbons (Fsp3) is 0.667. The van der Waals surface area contributed by atoms with Crippen LogP contribution in [0.2, 0.25) is 0 Å². The maximum absolute atomic E-state index is 11.4. The highest BCUT2D eigenvalue weighted by Crippen LogP contribution is 2.22. The average molecular weight is 259 g/mol. The highest BCUT2D eigenvalue weighted by Gasteiger charge is 2.31. The van der Waals surface area contributed by atoms with Crippen LogP contribution in [0, 0.1) is 5.41 Å². The number of amides is 1. The zero-order chi connectivity index (χ0) is 14.2. The van der Waals surface area contributed by atoms with E-state index in [9.17, 15) is 9.59 Å². The molecular formula is C12H21NO5. The Balaban J connectivity index is 4.43. The zero-order valence-electron chi connectivity index (χ0n) is 11.1. The zero-order valence-corrected chi connectivity index (χ0v) is 11.1. The molecule has 18 heavy (non-hydrogen) atoms. The summed E-state index contributed by atoms with van der Waals surface area (Å²) in [4.78, 5) is 22.4. The number of alkyl carbamates (subject to hydrolysis) is 1. The van der Waals surface area contributed by atoms with Crippen molar-refractivity contribution in [3.05, 3.63) is 12.7 Å². The van der Waals surface area contributed by atoms with Crippen molar-refractivity contribution in [1.82, 2.24) is 5.32 Å². The van der Waals surface area contributed by atoms with Gasteiger partial charge in [-0.05, 0) is 20.3 Å². The Hall–Kier alpha value is -1.56. The largest absolute Gasteiger partial charge is 0.481 e. The fourth-order valence-electron chi connectivity index (χ4n) is 1.40. The summed E-state index contributed by atoms with van der Waals surface area (Å²) >= 11 is 0. The summed E-state index contributed by atoms with van der Waals surface area (Å²) in [6.45, 7) is 6.93. The smallest absolute Gasteiger partial charge is 0.407 e. The molecule has 0 spiro atoms. The van der Waals surface area contributed by atoms with Gasteiger partial charge in [0.25, 0.3) is 0 Å². The average Bonchev–Trinajstić information content (AvgIpc) is 2.25. The number of aliphatic carboxylic acids is 1. The quantitative estimate of drug-likeness (QED) is 0.644. The third-order valence-electron chi connectivity index (χ3n) is 2.36. The second kappa shape index (κ2) is 7.71. The Morgan fingerprint density at radius 2 is 2.11 bits per heavy atom. The van der Waals surface area contributed by atoms with Crippen LogP contribution in [-0.2, 0) is 14.3 Å². The molecule has 0 saturated heterocycles. The number of carboxylic acids is 1. The first-order valence-electron chi connectivity index (χ1n) is 5.60. The van der Waals surface area contributed by atoms with E-state index in [4.69, 9.17) is 14.6 Å². The highest BCUT2D eigenvalue weighted by atomic mass is 16.5. The van der Waals surface area contributed by atoms with Crippen molar-refractivity contribution in [2.45, 2.75) is 26.3 Å². The molecule has 1 unspecified atom stereocenters. The van der Waals surface area contributed by atoms with Gasteiger partial charge in [0.2, 0.25) is 0 Å². The predicted octanol–water partition coefficient (Wildman–Crippen LogP) is 1.41. The third-order valence-corrected chi connectivity index (χ3v) is 2.36. The van der Waals surface area contributed by atoms with Crippen LogP contribution in [0.25, 0.3) is 0 Å². The van der Waals surface area contributed by atoms with Crippen LogP contribution in [0.3, 0.4) is 0 Å². The first-order chi connectivity index (χ1) is 8.33. The van der Waals surface area contributed by atoms with E-state index in [-0.39, 0.29) is 19.6 Å². The minimum Gasteiger partial charge on any atom is -0.481 e. The van der Waals surface area contributed by atoms with Gasteiger partial charge >= 0.3 is 12.1 Å². The van der Waals surface area contributed by atoms with Gasteiger partial charge in [-0.2, -0.15) is 0 Å². The van der Waals surface area contributed by atoms with E-state index in [1.165, 1.54) is 13.2 Å². The summed E-state index contributed by atoms with van der Waals surface area (Å²) in [6.07, 6.45) is 1.09. The lowest BCUT2D eigenvalue weighted by Crippen LogP contribution is -2.43. The Labute approximate surface area is 107 Å². The van der Waals surface area contributed by atoms with Crippen LogP contribution in [0.15, 0.2) is 12.7 Å². The number of carbonyl (C=O) groups is 2. The van der Waals surface area contributed by atoms with Crippen LogP contribution < -0.4 is 5.32 Å². The van der Waals surface area contributed by atoms with Crippen molar-refractivity contribution in [3.8, 4) is 0 Å². The number of ether oxygens (including phenoxy) is 2. The number of carbonyl (C=O) groups excluding carboxylic acids is 1. The molecule has 0 aliphatic heterocycles. The second-order valence-electron chi connectivity index (χ2n) is 4.58. The molecule has 0 saturated carbocycles. The Morgan fingerprint density at radius 3 is 2.56 bits per heavy atom. The number of rotatable bonds is 8. The van der Waals surface area contributed by atoms with Crippen molar-refractivity contribution in [3.63, 3.8) is 0 Å². The predicted molar refractivity (Wildman–Crippen MR) is 66.4 cm³/mol. The van der Waals surface area contributed by atoms with Crippen LogP contribution in [0.4, 0.5) is 4.79 Å². The van der Waals surface area contributed by atoms with E-state index >= 15 is 0 Å². The van der Waals surface area contributed by atoms with Crippen LogP contribution >= 0.6 is 0 Å². The molecule has 1 atom stereocenters. The Morgan fingerprint density at radius 1 is 1.50 bits per heavy atom. The molecule has 2 N–H and O–H groups in total. The van der Waals surface area contributed by atoms with Crippen molar-refractivity contribution < 1.29 is 24.2 Å². The number of hydrogen-bond acceptors (Lipinski definition) is 4. The minimum absolute atomic E-state index is 0.105. The SMILES string of the molecule is C=CCOC(=O)NC(COC)CC(C)(C)C(=O)O. The molecule has 0 aromatic heterocycles. The van der Waals surface area contributed by atoms with Gasteiger partial charge in [0, 0.05) is 7.11 Å². The molecule has 6 nitrogen and oxygen atoms in total. The molecule has 6 heteroatoms. The van der Waals surface area contributed by atoms with E-state index in [1.54, 1.807) is 13.8 Å². The van der Waals surface area contributed by atoms with Gasteiger partial charge in [-0.3, -0.25) is 4.79 Å². The van der Waals surface area contributed by atoms with Crippen molar-refractivity contribution in [1.29, 1.82) is 0 Å². The molecule has 0 heterocycles. The van der Waals surface area contributed by atoms with Gasteiger partial charge in [0.05, 0.1) is 18.1 Å². The van der Waals surface area contributed by atoms with E-state index < -0.39 is 23.5 Å². The van der Waals surface area contributed by atoms with E-state index in [1.807, 2.05) is 0 Å². The van der Waals surface area contributed by atoms with Crippen molar-refractivity contribution in [2.75, 3.05) is 20.3 Å². The van der Waals surface area contributed by atoms with Crippen LogP contribution in [-0.4, -0.2) is 43.5 Å². The summed E-state index contributed by atoms with van der Waals surface area (Å²) in [7, 11) is 1.48. The molecule has 0 rings (SSSR count). The summed E-state index contributed by atoms with van der Waals surface area (Å²) in [5.41, 5.74) is -0.949. The third kappa shape index (κ3) is 6.24. The molecule has 0 bridgehead atoms. The molecule has 1 amide bonds. The van der Waals surface area contributed by atoms with Gasteiger partial charge in [-0.25, -0.2) is 4.79 Å². The van der Waals surface area contributed by atoms with E-state index in [0.717, 1.165) is 0 Å². The monoisotopic (exact) mass is 259 g/mol. The fourth-order valence-corrected chi connectivity index (χ4v) is 1.40. The van der Waals surface area contributed by atoms with Crippen molar-refractivity contribution >= 4 is 12.1 Å². The molecule has 0 aromatic carbocycles. The summed E-state index contributed by atoms with van der Waals surface area (Å²) in [5, 5.41) is 11.6. The van der Waals surface area contributed by atoms with Crippen molar-refractivity contribution in [2.24, 2.45) is 5.41 Å². The van der Waals surface area contributed by atoms with E-state index in [0.29, 0.717) is 0 Å². The molecule has 0 aliphatic carbocycles. The summed E-state index contributed by atoms with van der Waals surface area (Å²) in [5.74, 6) is -0.926. The van der Waals surface area contributed by atoms with Gasteiger partial charge in [-0.15, -0.1) is 0 Å². The minimum atomic E-state index is -0.949. The molecule has 0 aromatic rings. The normalized spacial score (nSPS) is 12.6. The van der Waals surface area contributed by atoms with Gasteiger partial charge in [-0.1, -0.05) is 12.7 Å². The molecular weight excluding hydrogens is 238 g/mol. The van der Waals surface area contributed by atoms with Crippen LogP contribution in [0.1, 0.15) is 20.3 Å². The van der Waals surface area contributed by atoms with Gasteiger partial charge in [0.15, 0.2) is 0 Å². The molecule has 0 radical (unpaired) electrons. The number of hydrogen-bond donors (Lipinski definition) is 2. The molecule has 0 fully saturated rings. The number of methoxy groups -OCH3 is 1. The number of nitrogens with one attached hydrogen (secondary N) is 1. The lowest BCUT2D eigenvalue weighted by Gasteiger charge is -2.26. The van der Waals surface area contributed by atoms with E-state index in [2.05, 4.69) is 11.9 Å². The molecule has 0 aliphatic rings. The molecule has 104 valence electrons. The number of carboxylic acid groups (broad SMARTS) is 1. The maximum atomic E-state index is 11.4.